The lowest BCUT2D eigenvalue weighted by Crippen LogP contribution is -1.92. The van der Waals surface area contributed by atoms with Crippen LogP contribution >= 0.6 is 22.7 Å². The molecule has 3 aromatic heterocycles. The van der Waals surface area contributed by atoms with Gasteiger partial charge in [-0.05, 0) is 19.1 Å². The molecule has 4 aromatic rings. The fourth-order valence-corrected chi connectivity index (χ4v) is 3.91. The first-order valence-corrected chi connectivity index (χ1v) is 8.77. The Labute approximate surface area is 144 Å². The second kappa shape index (κ2) is 5.69. The third-order valence-electron chi connectivity index (χ3n) is 3.51. The van der Waals surface area contributed by atoms with Crippen molar-refractivity contribution in [3.8, 4) is 11.4 Å². The van der Waals surface area contributed by atoms with E-state index in [1.165, 1.54) is 23.5 Å². The van der Waals surface area contributed by atoms with Gasteiger partial charge in [-0.1, -0.05) is 0 Å². The van der Waals surface area contributed by atoms with Gasteiger partial charge in [-0.3, -0.25) is 14.5 Å². The van der Waals surface area contributed by atoms with E-state index < -0.39 is 4.92 Å². The minimum atomic E-state index is -0.417. The molecule has 0 bridgehead atoms. The van der Waals surface area contributed by atoms with Crippen LogP contribution in [0.2, 0.25) is 0 Å². The Bertz CT molecular complexity index is 1030. The van der Waals surface area contributed by atoms with Crippen LogP contribution < -0.4 is 5.32 Å². The first kappa shape index (κ1) is 14.8. The normalized spacial score (nSPS) is 11.0. The molecule has 9 heteroatoms. The summed E-state index contributed by atoms with van der Waals surface area (Å²) in [6, 6.07) is 6.26. The molecule has 24 heavy (non-hydrogen) atoms. The molecule has 0 aliphatic rings. The van der Waals surface area contributed by atoms with E-state index in [0.717, 1.165) is 32.9 Å². The maximum Gasteiger partial charge on any atom is 0.269 e. The predicted octanol–water partition coefficient (Wildman–Crippen LogP) is 4.48. The van der Waals surface area contributed by atoms with Crippen molar-refractivity contribution in [2.75, 3.05) is 5.32 Å². The molecular weight excluding hydrogens is 346 g/mol. The molecule has 0 fully saturated rings. The first-order chi connectivity index (χ1) is 11.6. The zero-order valence-electron chi connectivity index (χ0n) is 12.5. The number of anilines is 2. The molecule has 0 spiro atoms. The SMILES string of the molecule is Cc1nc2sccn2c1-c1csc(Nc2ccc([N+](=O)[O-])cc2)n1. The molecule has 1 N–H and O–H groups in total. The Kier molecular flexibility index (Phi) is 3.51. The van der Waals surface area contributed by atoms with E-state index >= 15 is 0 Å². The summed E-state index contributed by atoms with van der Waals surface area (Å²) in [6.07, 6.45) is 1.98. The minimum absolute atomic E-state index is 0.0649. The van der Waals surface area contributed by atoms with Gasteiger partial charge in [-0.15, -0.1) is 22.7 Å². The number of nitro groups is 1. The molecule has 120 valence electrons. The molecule has 0 amide bonds. The average Bonchev–Trinajstić information content (AvgIpc) is 3.24. The van der Waals surface area contributed by atoms with Crippen molar-refractivity contribution in [1.29, 1.82) is 0 Å². The fourth-order valence-electron chi connectivity index (χ4n) is 2.43. The van der Waals surface area contributed by atoms with Crippen molar-refractivity contribution in [2.45, 2.75) is 6.92 Å². The van der Waals surface area contributed by atoms with E-state index in [1.807, 2.05) is 28.3 Å². The molecule has 0 unspecified atom stereocenters. The standard InChI is InChI=1S/C15H11N5O2S2/c1-9-13(19-6-7-23-15(19)16-9)12-8-24-14(18-12)17-10-2-4-11(5-3-10)20(21)22/h2-8H,1H3,(H,17,18). The third kappa shape index (κ3) is 2.53. The number of hydrogen-bond acceptors (Lipinski definition) is 7. The summed E-state index contributed by atoms with van der Waals surface area (Å²) in [7, 11) is 0. The van der Waals surface area contributed by atoms with Crippen molar-refractivity contribution < 1.29 is 4.92 Å². The van der Waals surface area contributed by atoms with Gasteiger partial charge in [0.1, 0.15) is 5.69 Å². The highest BCUT2D eigenvalue weighted by Gasteiger charge is 2.15. The zero-order valence-corrected chi connectivity index (χ0v) is 14.1. The highest BCUT2D eigenvalue weighted by Crippen LogP contribution is 2.31. The lowest BCUT2D eigenvalue weighted by Gasteiger charge is -2.01. The maximum absolute atomic E-state index is 10.7. The first-order valence-electron chi connectivity index (χ1n) is 7.01. The van der Waals surface area contributed by atoms with Gasteiger partial charge in [-0.25, -0.2) is 9.97 Å². The second-order valence-electron chi connectivity index (χ2n) is 5.07. The summed E-state index contributed by atoms with van der Waals surface area (Å²) in [5, 5.41) is 18.6. The summed E-state index contributed by atoms with van der Waals surface area (Å²) in [5.74, 6) is 0. The number of hydrogen-bond donors (Lipinski definition) is 1. The number of imidazole rings is 1. The Morgan fingerprint density at radius 3 is 2.75 bits per heavy atom. The molecule has 0 atom stereocenters. The Hall–Kier alpha value is -2.78. The summed E-state index contributed by atoms with van der Waals surface area (Å²) < 4.78 is 2.03. The van der Waals surface area contributed by atoms with E-state index in [0.29, 0.717) is 0 Å². The zero-order chi connectivity index (χ0) is 16.7. The predicted molar refractivity (Wildman–Crippen MR) is 95.3 cm³/mol. The fraction of sp³-hybridized carbons (Fsp3) is 0.0667. The van der Waals surface area contributed by atoms with Crippen LogP contribution in [0.4, 0.5) is 16.5 Å². The molecule has 1 aromatic carbocycles. The van der Waals surface area contributed by atoms with Crippen LogP contribution in [0.15, 0.2) is 41.2 Å². The van der Waals surface area contributed by atoms with Gasteiger partial charge in [0.15, 0.2) is 10.1 Å². The van der Waals surface area contributed by atoms with Crippen molar-refractivity contribution in [3.05, 3.63) is 57.0 Å². The summed E-state index contributed by atoms with van der Waals surface area (Å²) >= 11 is 3.07. The van der Waals surface area contributed by atoms with Gasteiger partial charge in [0.2, 0.25) is 0 Å². The lowest BCUT2D eigenvalue weighted by molar-refractivity contribution is -0.384. The van der Waals surface area contributed by atoms with Crippen molar-refractivity contribution in [3.63, 3.8) is 0 Å². The van der Waals surface area contributed by atoms with Crippen LogP contribution in [-0.4, -0.2) is 19.3 Å². The Balaban J connectivity index is 1.62. The molecule has 7 nitrogen and oxygen atoms in total. The average molecular weight is 357 g/mol. The van der Waals surface area contributed by atoms with Gasteiger partial charge in [0.05, 0.1) is 16.3 Å². The van der Waals surface area contributed by atoms with Gasteiger partial charge in [0, 0.05) is 34.8 Å². The summed E-state index contributed by atoms with van der Waals surface area (Å²) in [4.78, 5) is 20.4. The molecule has 3 heterocycles. The molecule has 0 saturated heterocycles. The molecular formula is C15H11N5O2S2. The number of non-ortho nitro benzene ring substituents is 1. The second-order valence-corrected chi connectivity index (χ2v) is 6.80. The lowest BCUT2D eigenvalue weighted by atomic mass is 10.3. The molecule has 0 radical (unpaired) electrons. The number of thiazole rings is 2. The topological polar surface area (TPSA) is 85.4 Å². The number of nitro benzene ring substituents is 1. The van der Waals surface area contributed by atoms with Crippen molar-refractivity contribution in [2.24, 2.45) is 0 Å². The van der Waals surface area contributed by atoms with E-state index in [1.54, 1.807) is 23.5 Å². The number of aromatic nitrogens is 3. The van der Waals surface area contributed by atoms with Gasteiger partial charge >= 0.3 is 0 Å². The monoisotopic (exact) mass is 357 g/mol. The Morgan fingerprint density at radius 2 is 2.00 bits per heavy atom. The van der Waals surface area contributed by atoms with Crippen LogP contribution in [0.25, 0.3) is 16.3 Å². The maximum atomic E-state index is 10.7. The summed E-state index contributed by atoms with van der Waals surface area (Å²) in [5.41, 5.74) is 3.60. The van der Waals surface area contributed by atoms with Crippen LogP contribution in [0.1, 0.15) is 5.69 Å². The quantitative estimate of drug-likeness (QED) is 0.430. The van der Waals surface area contributed by atoms with Crippen LogP contribution in [0, 0.1) is 17.0 Å². The van der Waals surface area contributed by atoms with Crippen molar-refractivity contribution >= 4 is 44.1 Å². The number of rotatable bonds is 4. The number of fused-ring (bicyclic) bond motifs is 1. The van der Waals surface area contributed by atoms with E-state index in [4.69, 9.17) is 0 Å². The number of nitrogens with one attached hydrogen (secondary N) is 1. The van der Waals surface area contributed by atoms with E-state index in [9.17, 15) is 10.1 Å². The molecule has 0 aliphatic carbocycles. The largest absolute Gasteiger partial charge is 0.332 e. The van der Waals surface area contributed by atoms with Crippen molar-refractivity contribution in [1.82, 2.24) is 14.4 Å². The van der Waals surface area contributed by atoms with Crippen LogP contribution in [0.5, 0.6) is 0 Å². The van der Waals surface area contributed by atoms with Gasteiger partial charge < -0.3 is 5.32 Å². The highest BCUT2D eigenvalue weighted by atomic mass is 32.1. The Morgan fingerprint density at radius 1 is 1.21 bits per heavy atom. The molecule has 0 aliphatic heterocycles. The third-order valence-corrected chi connectivity index (χ3v) is 5.03. The van der Waals surface area contributed by atoms with Crippen LogP contribution in [0.3, 0.4) is 0 Å². The van der Waals surface area contributed by atoms with Crippen LogP contribution in [-0.2, 0) is 0 Å². The minimum Gasteiger partial charge on any atom is -0.332 e. The van der Waals surface area contributed by atoms with E-state index in [2.05, 4.69) is 15.3 Å². The van der Waals surface area contributed by atoms with E-state index in [-0.39, 0.29) is 5.69 Å². The van der Waals surface area contributed by atoms with Gasteiger partial charge in [-0.2, -0.15) is 0 Å². The highest BCUT2D eigenvalue weighted by molar-refractivity contribution is 7.15. The molecule has 4 rings (SSSR count). The summed E-state index contributed by atoms with van der Waals surface area (Å²) in [6.45, 7) is 1.97. The number of aryl methyl sites for hydroxylation is 1. The number of benzene rings is 1. The smallest absolute Gasteiger partial charge is 0.269 e. The molecule has 0 saturated carbocycles. The number of nitrogens with zero attached hydrogens (tertiary/aromatic N) is 4. The van der Waals surface area contributed by atoms with Gasteiger partial charge in [0.25, 0.3) is 5.69 Å².